The molecule has 0 aromatic rings. The molecule has 7 atom stereocenters. The molecule has 5 nitrogen and oxygen atoms in total. The highest BCUT2D eigenvalue weighted by Gasteiger charge is 2.67. The molecule has 0 saturated heterocycles. The summed E-state index contributed by atoms with van der Waals surface area (Å²) in [6, 6.07) is 0. The van der Waals surface area contributed by atoms with Crippen molar-refractivity contribution in [2.75, 3.05) is 6.61 Å². The van der Waals surface area contributed by atoms with Gasteiger partial charge in [-0.25, -0.2) is 0 Å². The second-order valence-corrected chi connectivity index (χ2v) is 9.20. The Hall–Kier alpha value is -1.30. The van der Waals surface area contributed by atoms with Crippen LogP contribution in [0, 0.1) is 28.6 Å². The maximum atomic E-state index is 13.3. The number of hydrogen-bond acceptors (Lipinski definition) is 5. The minimum Gasteiger partial charge on any atom is -0.394 e. The number of carbonyl (C=O) groups is 2. The van der Waals surface area contributed by atoms with Gasteiger partial charge >= 0.3 is 0 Å². The van der Waals surface area contributed by atoms with Gasteiger partial charge in [-0.1, -0.05) is 25.5 Å². The zero-order chi connectivity index (χ0) is 18.9. The van der Waals surface area contributed by atoms with Gasteiger partial charge < -0.3 is 15.3 Å². The van der Waals surface area contributed by atoms with Gasteiger partial charge in [-0.3, -0.25) is 9.59 Å². The van der Waals surface area contributed by atoms with E-state index in [1.165, 1.54) is 0 Å². The molecule has 0 aromatic heterocycles. The van der Waals surface area contributed by atoms with E-state index < -0.39 is 29.1 Å². The minimum absolute atomic E-state index is 0.00895. The van der Waals surface area contributed by atoms with E-state index in [1.54, 1.807) is 12.2 Å². The minimum atomic E-state index is -1.43. The number of aliphatic hydroxyl groups excluding tert-OH is 2. The highest BCUT2D eigenvalue weighted by Crippen LogP contribution is 2.66. The molecule has 0 bridgehead atoms. The molecule has 3 N–H and O–H groups in total. The van der Waals surface area contributed by atoms with Gasteiger partial charge in [-0.15, -0.1) is 0 Å². The average molecular weight is 360 g/mol. The van der Waals surface area contributed by atoms with E-state index in [0.29, 0.717) is 6.42 Å². The van der Waals surface area contributed by atoms with Crippen LogP contribution in [0.5, 0.6) is 0 Å². The summed E-state index contributed by atoms with van der Waals surface area (Å²) in [5.74, 6) is 0.164. The molecule has 0 radical (unpaired) electrons. The fourth-order valence-corrected chi connectivity index (χ4v) is 6.76. The molecule has 0 aliphatic heterocycles. The number of hydrogen-bond donors (Lipinski definition) is 3. The van der Waals surface area contributed by atoms with E-state index in [0.717, 1.165) is 24.8 Å². The SMILES string of the molecule is C[C@]12C=CC(=O)C=C1CC[C@@H]1[C@@H]2C(=O)C[C@@]2(C)[C@H]1CC[C@]2(O)C(O)CO. The van der Waals surface area contributed by atoms with Crippen LogP contribution in [0.2, 0.25) is 0 Å². The summed E-state index contributed by atoms with van der Waals surface area (Å²) >= 11 is 0. The lowest BCUT2D eigenvalue weighted by molar-refractivity contribution is -0.186. The van der Waals surface area contributed by atoms with Crippen molar-refractivity contribution < 1.29 is 24.9 Å². The molecule has 0 spiro atoms. The Morgan fingerprint density at radius 2 is 2.00 bits per heavy atom. The first-order valence-corrected chi connectivity index (χ1v) is 9.65. The lowest BCUT2D eigenvalue weighted by Gasteiger charge is -2.57. The van der Waals surface area contributed by atoms with Crippen molar-refractivity contribution in [3.8, 4) is 0 Å². The number of allylic oxidation sites excluding steroid dienone is 4. The van der Waals surface area contributed by atoms with Crippen molar-refractivity contribution in [2.24, 2.45) is 28.6 Å². The highest BCUT2D eigenvalue weighted by atomic mass is 16.4. The standard InChI is InChI=1S/C21H28O5/c1-19-7-5-13(23)9-12(19)3-4-14-15-6-8-21(26,17(25)11-22)20(15,2)10-16(24)18(14)19/h5,7,9,14-15,17-18,22,25-26H,3-4,6,8,10-11H2,1-2H3/t14-,15-,17?,18+,19-,20-,21-/m0/s1. The molecule has 26 heavy (non-hydrogen) atoms. The Labute approximate surface area is 153 Å². The zero-order valence-electron chi connectivity index (χ0n) is 15.4. The molecular formula is C21H28O5. The molecule has 4 aliphatic carbocycles. The van der Waals surface area contributed by atoms with Crippen LogP contribution in [0.3, 0.4) is 0 Å². The fraction of sp³-hybridized carbons (Fsp3) is 0.714. The molecular weight excluding hydrogens is 332 g/mol. The topological polar surface area (TPSA) is 94.8 Å². The van der Waals surface area contributed by atoms with E-state index in [1.807, 2.05) is 13.0 Å². The van der Waals surface area contributed by atoms with Crippen LogP contribution in [0.4, 0.5) is 0 Å². The van der Waals surface area contributed by atoms with Crippen LogP contribution in [-0.4, -0.2) is 45.2 Å². The lowest BCUT2D eigenvalue weighted by atomic mass is 9.46. The first-order chi connectivity index (χ1) is 12.2. The summed E-state index contributed by atoms with van der Waals surface area (Å²) in [6.07, 6.45) is 6.91. The van der Waals surface area contributed by atoms with Crippen LogP contribution in [0.15, 0.2) is 23.8 Å². The van der Waals surface area contributed by atoms with Crippen LogP contribution < -0.4 is 0 Å². The van der Waals surface area contributed by atoms with Crippen molar-refractivity contribution in [3.63, 3.8) is 0 Å². The molecule has 4 rings (SSSR count). The van der Waals surface area contributed by atoms with Gasteiger partial charge in [0.25, 0.3) is 0 Å². The van der Waals surface area contributed by atoms with Gasteiger partial charge in [-0.05, 0) is 49.7 Å². The maximum Gasteiger partial charge on any atom is 0.178 e. The second-order valence-electron chi connectivity index (χ2n) is 9.20. The van der Waals surface area contributed by atoms with Gasteiger partial charge in [-0.2, -0.15) is 0 Å². The molecule has 5 heteroatoms. The Morgan fingerprint density at radius 3 is 2.69 bits per heavy atom. The van der Waals surface area contributed by atoms with Crippen LogP contribution in [0.25, 0.3) is 0 Å². The first-order valence-electron chi connectivity index (χ1n) is 9.65. The Balaban J connectivity index is 1.75. The van der Waals surface area contributed by atoms with Crippen molar-refractivity contribution in [1.29, 1.82) is 0 Å². The summed E-state index contributed by atoms with van der Waals surface area (Å²) < 4.78 is 0. The van der Waals surface area contributed by atoms with E-state index in [2.05, 4.69) is 6.92 Å². The first kappa shape index (κ1) is 18.1. The largest absolute Gasteiger partial charge is 0.394 e. The van der Waals surface area contributed by atoms with Gasteiger partial charge in [0, 0.05) is 23.2 Å². The Kier molecular flexibility index (Phi) is 3.89. The third kappa shape index (κ3) is 2.08. The normalized spacial score (nSPS) is 48.5. The smallest absolute Gasteiger partial charge is 0.178 e. The molecule has 3 fully saturated rings. The van der Waals surface area contributed by atoms with Crippen LogP contribution >= 0.6 is 0 Å². The Morgan fingerprint density at radius 1 is 1.27 bits per heavy atom. The molecule has 0 amide bonds. The van der Waals surface area contributed by atoms with Crippen molar-refractivity contribution in [2.45, 2.75) is 57.7 Å². The van der Waals surface area contributed by atoms with E-state index in [-0.39, 0.29) is 35.7 Å². The molecule has 0 heterocycles. The van der Waals surface area contributed by atoms with E-state index in [9.17, 15) is 24.9 Å². The molecule has 1 unspecified atom stereocenters. The van der Waals surface area contributed by atoms with Gasteiger partial charge in [0.05, 0.1) is 12.2 Å². The van der Waals surface area contributed by atoms with Crippen LogP contribution in [-0.2, 0) is 9.59 Å². The number of Topliss-reactive ketones (excluding diaryl/α,β-unsaturated/α-hetero) is 1. The van der Waals surface area contributed by atoms with Crippen LogP contribution in [0.1, 0.15) is 46.0 Å². The monoisotopic (exact) mass is 360 g/mol. The van der Waals surface area contributed by atoms with Gasteiger partial charge in [0.15, 0.2) is 5.78 Å². The van der Waals surface area contributed by atoms with Gasteiger partial charge in [0.2, 0.25) is 0 Å². The predicted molar refractivity (Wildman–Crippen MR) is 95.0 cm³/mol. The molecule has 142 valence electrons. The summed E-state index contributed by atoms with van der Waals surface area (Å²) in [5, 5.41) is 31.0. The number of aliphatic hydroxyl groups is 3. The van der Waals surface area contributed by atoms with E-state index >= 15 is 0 Å². The molecule has 4 aliphatic rings. The fourth-order valence-electron chi connectivity index (χ4n) is 6.76. The number of rotatable bonds is 2. The molecule has 0 aromatic carbocycles. The summed E-state index contributed by atoms with van der Waals surface area (Å²) in [4.78, 5) is 25.1. The van der Waals surface area contributed by atoms with Crippen molar-refractivity contribution >= 4 is 11.6 Å². The van der Waals surface area contributed by atoms with Crippen molar-refractivity contribution in [1.82, 2.24) is 0 Å². The third-order valence-electron chi connectivity index (χ3n) is 8.20. The highest BCUT2D eigenvalue weighted by molar-refractivity contribution is 6.01. The Bertz CT molecular complexity index is 724. The second kappa shape index (κ2) is 5.60. The third-order valence-corrected chi connectivity index (χ3v) is 8.20. The number of carbonyl (C=O) groups excluding carboxylic acids is 2. The predicted octanol–water partition coefficient (Wildman–Crippen LogP) is 1.56. The van der Waals surface area contributed by atoms with E-state index in [4.69, 9.17) is 0 Å². The lowest BCUT2D eigenvalue weighted by Crippen LogP contribution is -2.61. The summed E-state index contributed by atoms with van der Waals surface area (Å²) in [7, 11) is 0. The number of ketones is 2. The van der Waals surface area contributed by atoms with Gasteiger partial charge in [0.1, 0.15) is 11.9 Å². The average Bonchev–Trinajstić information content (AvgIpc) is 2.86. The summed E-state index contributed by atoms with van der Waals surface area (Å²) in [6.45, 7) is 3.46. The number of fused-ring (bicyclic) bond motifs is 5. The zero-order valence-corrected chi connectivity index (χ0v) is 15.4. The van der Waals surface area contributed by atoms with Crippen molar-refractivity contribution in [3.05, 3.63) is 23.8 Å². The maximum absolute atomic E-state index is 13.3. The summed E-state index contributed by atoms with van der Waals surface area (Å²) in [5.41, 5.74) is -1.53. The molecule has 3 saturated carbocycles. The quantitative estimate of drug-likeness (QED) is 0.695.